The zero-order chi connectivity index (χ0) is 13.4. The average Bonchev–Trinajstić information content (AvgIpc) is 2.86. The molecule has 6 nitrogen and oxygen atoms in total. The van der Waals surface area contributed by atoms with Gasteiger partial charge in [0.05, 0.1) is 11.5 Å². The molecule has 0 bridgehead atoms. The Morgan fingerprint density at radius 3 is 2.79 bits per heavy atom. The van der Waals surface area contributed by atoms with Gasteiger partial charge in [-0.3, -0.25) is 9.59 Å². The van der Waals surface area contributed by atoms with Gasteiger partial charge in [0, 0.05) is 18.5 Å². The Kier molecular flexibility index (Phi) is 2.79. The first-order valence-electron chi connectivity index (χ1n) is 6.11. The Balaban J connectivity index is 2.08. The number of hydrogen-bond donors (Lipinski definition) is 2. The molecule has 1 aromatic carbocycles. The molecular formula is C13H13N3O3. The summed E-state index contributed by atoms with van der Waals surface area (Å²) in [6, 6.07) is 6.87. The minimum absolute atomic E-state index is 0.226. The Bertz CT molecular complexity index is 695. The lowest BCUT2D eigenvalue weighted by Gasteiger charge is -2.15. The Labute approximate surface area is 108 Å². The second-order valence-electron chi connectivity index (χ2n) is 4.64. The van der Waals surface area contributed by atoms with E-state index in [4.69, 9.17) is 0 Å². The van der Waals surface area contributed by atoms with Gasteiger partial charge < -0.3 is 10.0 Å². The van der Waals surface area contributed by atoms with Crippen LogP contribution in [0.5, 0.6) is 0 Å². The Morgan fingerprint density at radius 1 is 1.37 bits per heavy atom. The monoisotopic (exact) mass is 259 g/mol. The number of aliphatic hydroxyl groups is 1. The molecule has 1 aliphatic rings. The number of nitrogens with one attached hydrogen (secondary N) is 1. The smallest absolute Gasteiger partial charge is 0.275 e. The lowest BCUT2D eigenvalue weighted by Crippen LogP contribution is -2.31. The van der Waals surface area contributed by atoms with E-state index in [1.54, 1.807) is 29.2 Å². The number of aromatic nitrogens is 2. The van der Waals surface area contributed by atoms with Gasteiger partial charge in [-0.25, -0.2) is 5.10 Å². The summed E-state index contributed by atoms with van der Waals surface area (Å²) in [5.74, 6) is -0.260. The van der Waals surface area contributed by atoms with Crippen molar-refractivity contribution in [1.82, 2.24) is 15.1 Å². The summed E-state index contributed by atoms with van der Waals surface area (Å²) in [7, 11) is 0. The molecule has 0 saturated carbocycles. The van der Waals surface area contributed by atoms with Gasteiger partial charge >= 0.3 is 0 Å². The number of rotatable bonds is 1. The highest BCUT2D eigenvalue weighted by molar-refractivity contribution is 6.04. The van der Waals surface area contributed by atoms with Crippen molar-refractivity contribution in [3.8, 4) is 0 Å². The van der Waals surface area contributed by atoms with Crippen LogP contribution in [0.3, 0.4) is 0 Å². The third-order valence-corrected chi connectivity index (χ3v) is 3.35. The maximum absolute atomic E-state index is 12.3. The second kappa shape index (κ2) is 4.47. The molecule has 2 N–H and O–H groups in total. The molecule has 6 heteroatoms. The molecule has 1 aliphatic heterocycles. The molecule has 3 rings (SSSR count). The number of carbonyl (C=O) groups is 1. The topological polar surface area (TPSA) is 86.3 Å². The van der Waals surface area contributed by atoms with Gasteiger partial charge in [-0.15, -0.1) is 0 Å². The highest BCUT2D eigenvalue weighted by Crippen LogP contribution is 2.17. The minimum atomic E-state index is -0.474. The van der Waals surface area contributed by atoms with E-state index in [-0.39, 0.29) is 17.2 Å². The van der Waals surface area contributed by atoms with Crippen molar-refractivity contribution in [3.05, 3.63) is 40.3 Å². The molecule has 98 valence electrons. The molecule has 0 aliphatic carbocycles. The zero-order valence-electron chi connectivity index (χ0n) is 10.2. The van der Waals surface area contributed by atoms with Gasteiger partial charge in [-0.05, 0) is 12.5 Å². The van der Waals surface area contributed by atoms with Crippen LogP contribution in [-0.2, 0) is 0 Å². The largest absolute Gasteiger partial charge is 0.391 e. The van der Waals surface area contributed by atoms with Gasteiger partial charge in [0.2, 0.25) is 0 Å². The Morgan fingerprint density at radius 2 is 2.11 bits per heavy atom. The number of hydrogen-bond acceptors (Lipinski definition) is 4. The predicted molar refractivity (Wildman–Crippen MR) is 68.9 cm³/mol. The number of H-pyrrole nitrogens is 1. The van der Waals surface area contributed by atoms with Gasteiger partial charge in [0.25, 0.3) is 11.5 Å². The molecule has 2 aromatic rings. The van der Waals surface area contributed by atoms with Crippen LogP contribution in [-0.4, -0.2) is 45.3 Å². The first kappa shape index (κ1) is 11.9. The summed E-state index contributed by atoms with van der Waals surface area (Å²) in [6.07, 6.45) is 0.102. The molecule has 1 aromatic heterocycles. The number of amides is 1. The van der Waals surface area contributed by atoms with Crippen LogP contribution >= 0.6 is 0 Å². The van der Waals surface area contributed by atoms with Gasteiger partial charge in [-0.2, -0.15) is 5.10 Å². The summed E-state index contributed by atoms with van der Waals surface area (Å²) >= 11 is 0. The summed E-state index contributed by atoms with van der Waals surface area (Å²) in [5, 5.41) is 16.7. The number of aromatic amines is 1. The molecule has 0 unspecified atom stereocenters. The maximum Gasteiger partial charge on any atom is 0.275 e. The van der Waals surface area contributed by atoms with E-state index in [0.29, 0.717) is 30.3 Å². The summed E-state index contributed by atoms with van der Waals surface area (Å²) in [5.41, 5.74) is -0.0853. The second-order valence-corrected chi connectivity index (χ2v) is 4.64. The van der Waals surface area contributed by atoms with Crippen LogP contribution < -0.4 is 5.56 Å². The highest BCUT2D eigenvalue weighted by atomic mass is 16.3. The van der Waals surface area contributed by atoms with E-state index in [0.717, 1.165) is 0 Å². The fraction of sp³-hybridized carbons (Fsp3) is 0.308. The summed E-state index contributed by atoms with van der Waals surface area (Å²) in [4.78, 5) is 25.5. The number of aliphatic hydroxyl groups excluding tert-OH is 1. The molecule has 1 amide bonds. The third-order valence-electron chi connectivity index (χ3n) is 3.35. The van der Waals surface area contributed by atoms with E-state index < -0.39 is 6.10 Å². The van der Waals surface area contributed by atoms with Crippen LogP contribution in [0.15, 0.2) is 29.1 Å². The normalized spacial score (nSPS) is 19.0. The van der Waals surface area contributed by atoms with Crippen molar-refractivity contribution < 1.29 is 9.90 Å². The van der Waals surface area contributed by atoms with Crippen molar-refractivity contribution in [3.63, 3.8) is 0 Å². The van der Waals surface area contributed by atoms with Crippen molar-refractivity contribution >= 4 is 16.7 Å². The number of carbonyl (C=O) groups excluding carboxylic acids is 1. The molecule has 2 heterocycles. The number of likely N-dealkylation sites (tertiary alicyclic amines) is 1. The molecule has 1 saturated heterocycles. The van der Waals surface area contributed by atoms with Crippen molar-refractivity contribution in [2.75, 3.05) is 13.1 Å². The summed E-state index contributed by atoms with van der Waals surface area (Å²) in [6.45, 7) is 0.823. The van der Waals surface area contributed by atoms with Gasteiger partial charge in [-0.1, -0.05) is 18.2 Å². The first-order chi connectivity index (χ1) is 9.16. The molecule has 1 fully saturated rings. The molecule has 0 radical (unpaired) electrons. The van der Waals surface area contributed by atoms with E-state index in [9.17, 15) is 14.7 Å². The predicted octanol–water partition coefficient (Wildman–Crippen LogP) is 0.130. The fourth-order valence-electron chi connectivity index (χ4n) is 2.35. The minimum Gasteiger partial charge on any atom is -0.391 e. The van der Waals surface area contributed by atoms with E-state index in [1.807, 2.05) is 0 Å². The van der Waals surface area contributed by atoms with E-state index >= 15 is 0 Å². The van der Waals surface area contributed by atoms with E-state index in [1.165, 1.54) is 0 Å². The number of β-amino-alcohol motifs (C(OH)–C–C–N with tert-alkyl or cyclic N) is 1. The fourth-order valence-corrected chi connectivity index (χ4v) is 2.35. The Hall–Kier alpha value is -2.21. The van der Waals surface area contributed by atoms with Crippen LogP contribution in [0.2, 0.25) is 0 Å². The SMILES string of the molecule is O=C(c1n[nH]c(=O)c2ccccc12)N1CC[C@H](O)C1. The van der Waals surface area contributed by atoms with Crippen LogP contribution in [0, 0.1) is 0 Å². The molecular weight excluding hydrogens is 246 g/mol. The van der Waals surface area contributed by atoms with Crippen LogP contribution in [0.4, 0.5) is 0 Å². The number of benzene rings is 1. The van der Waals surface area contributed by atoms with Crippen molar-refractivity contribution in [1.29, 1.82) is 0 Å². The lowest BCUT2D eigenvalue weighted by molar-refractivity contribution is 0.0760. The first-order valence-corrected chi connectivity index (χ1v) is 6.11. The maximum atomic E-state index is 12.3. The van der Waals surface area contributed by atoms with Crippen LogP contribution in [0.25, 0.3) is 10.8 Å². The third kappa shape index (κ3) is 2.00. The lowest BCUT2D eigenvalue weighted by atomic mass is 10.1. The van der Waals surface area contributed by atoms with Gasteiger partial charge in [0.15, 0.2) is 5.69 Å². The van der Waals surface area contributed by atoms with E-state index in [2.05, 4.69) is 10.2 Å². The number of nitrogens with zero attached hydrogens (tertiary/aromatic N) is 2. The van der Waals surface area contributed by atoms with Crippen molar-refractivity contribution in [2.45, 2.75) is 12.5 Å². The summed E-state index contributed by atoms with van der Waals surface area (Å²) < 4.78 is 0. The van der Waals surface area contributed by atoms with Gasteiger partial charge in [0.1, 0.15) is 0 Å². The zero-order valence-corrected chi connectivity index (χ0v) is 10.2. The molecule has 0 spiro atoms. The highest BCUT2D eigenvalue weighted by Gasteiger charge is 2.27. The van der Waals surface area contributed by atoms with Crippen LogP contribution in [0.1, 0.15) is 16.9 Å². The molecule has 19 heavy (non-hydrogen) atoms. The quantitative estimate of drug-likeness (QED) is 0.762. The molecule has 1 atom stereocenters. The average molecular weight is 259 g/mol. The number of fused-ring (bicyclic) bond motifs is 1. The standard InChI is InChI=1S/C13H13N3O3/c17-8-5-6-16(7-8)13(19)11-9-3-1-2-4-10(9)12(18)15-14-11/h1-4,8,17H,5-7H2,(H,15,18)/t8-/m0/s1. The van der Waals surface area contributed by atoms with Crippen molar-refractivity contribution in [2.24, 2.45) is 0 Å².